The first kappa shape index (κ1) is 19.0. The SMILES string of the molecule is CCNC(=NCCNC(=O)C(C)C)NC1CC2CCCC(C1)N2C. The van der Waals surface area contributed by atoms with E-state index in [-0.39, 0.29) is 11.8 Å². The average molecular weight is 338 g/mol. The van der Waals surface area contributed by atoms with Crippen molar-refractivity contribution in [1.82, 2.24) is 20.9 Å². The molecule has 1 amide bonds. The van der Waals surface area contributed by atoms with Gasteiger partial charge in [-0.2, -0.15) is 0 Å². The van der Waals surface area contributed by atoms with E-state index in [2.05, 4.69) is 39.8 Å². The van der Waals surface area contributed by atoms with Crippen molar-refractivity contribution in [2.75, 3.05) is 26.7 Å². The summed E-state index contributed by atoms with van der Waals surface area (Å²) in [5.74, 6) is 0.995. The van der Waals surface area contributed by atoms with Crippen molar-refractivity contribution in [2.24, 2.45) is 10.9 Å². The Morgan fingerprint density at radius 2 is 1.88 bits per heavy atom. The van der Waals surface area contributed by atoms with Crippen LogP contribution in [0.25, 0.3) is 0 Å². The first-order valence-electron chi connectivity index (χ1n) is 9.55. The van der Waals surface area contributed by atoms with Gasteiger partial charge < -0.3 is 20.9 Å². The Balaban J connectivity index is 1.82. The van der Waals surface area contributed by atoms with E-state index < -0.39 is 0 Å². The van der Waals surface area contributed by atoms with E-state index >= 15 is 0 Å². The average Bonchev–Trinajstić information content (AvgIpc) is 2.52. The molecule has 2 fully saturated rings. The Morgan fingerprint density at radius 3 is 2.46 bits per heavy atom. The molecule has 24 heavy (non-hydrogen) atoms. The molecule has 0 saturated carbocycles. The summed E-state index contributed by atoms with van der Waals surface area (Å²) in [5, 5.41) is 9.86. The third-order valence-electron chi connectivity index (χ3n) is 5.23. The van der Waals surface area contributed by atoms with Crippen molar-refractivity contribution in [2.45, 2.75) is 71.0 Å². The van der Waals surface area contributed by atoms with Crippen molar-refractivity contribution < 1.29 is 4.79 Å². The first-order chi connectivity index (χ1) is 11.5. The van der Waals surface area contributed by atoms with Gasteiger partial charge in [0.1, 0.15) is 0 Å². The molecule has 138 valence electrons. The number of carbonyl (C=O) groups excluding carboxylic acids is 1. The topological polar surface area (TPSA) is 68.8 Å². The van der Waals surface area contributed by atoms with Gasteiger partial charge in [-0.1, -0.05) is 20.3 Å². The minimum absolute atomic E-state index is 0.0268. The third kappa shape index (κ3) is 5.36. The number of aliphatic imine (C=N–C) groups is 1. The summed E-state index contributed by atoms with van der Waals surface area (Å²) >= 11 is 0. The molecule has 2 heterocycles. The fraction of sp³-hybridized carbons (Fsp3) is 0.889. The van der Waals surface area contributed by atoms with Crippen LogP contribution in [0.4, 0.5) is 0 Å². The fourth-order valence-electron chi connectivity index (χ4n) is 3.80. The maximum atomic E-state index is 11.6. The second kappa shape index (κ2) is 9.25. The molecule has 0 aliphatic carbocycles. The number of fused-ring (bicyclic) bond motifs is 2. The quantitative estimate of drug-likeness (QED) is 0.389. The van der Waals surface area contributed by atoms with E-state index in [0.29, 0.717) is 31.2 Å². The number of rotatable bonds is 6. The van der Waals surface area contributed by atoms with E-state index in [4.69, 9.17) is 0 Å². The monoisotopic (exact) mass is 337 g/mol. The van der Waals surface area contributed by atoms with Crippen LogP contribution in [0.15, 0.2) is 4.99 Å². The van der Waals surface area contributed by atoms with E-state index in [1.165, 1.54) is 32.1 Å². The van der Waals surface area contributed by atoms with Gasteiger partial charge in [-0.15, -0.1) is 0 Å². The van der Waals surface area contributed by atoms with Crippen LogP contribution in [-0.4, -0.2) is 61.6 Å². The summed E-state index contributed by atoms with van der Waals surface area (Å²) in [4.78, 5) is 18.8. The van der Waals surface area contributed by atoms with Gasteiger partial charge in [0.15, 0.2) is 5.96 Å². The number of amides is 1. The highest BCUT2D eigenvalue weighted by molar-refractivity contribution is 5.80. The molecule has 0 spiro atoms. The zero-order chi connectivity index (χ0) is 17.5. The standard InChI is InChI=1S/C18H35N5O/c1-5-19-18(21-10-9-20-17(24)13(2)3)22-14-11-15-7-6-8-16(12-14)23(15)4/h13-16H,5-12H2,1-4H3,(H,20,24)(H2,19,21,22). The zero-order valence-electron chi connectivity index (χ0n) is 15.8. The fourth-order valence-corrected chi connectivity index (χ4v) is 3.80. The van der Waals surface area contributed by atoms with Gasteiger partial charge in [0, 0.05) is 37.1 Å². The van der Waals surface area contributed by atoms with Crippen LogP contribution in [0.1, 0.15) is 52.9 Å². The van der Waals surface area contributed by atoms with Crippen LogP contribution < -0.4 is 16.0 Å². The molecule has 0 aromatic heterocycles. The van der Waals surface area contributed by atoms with Crippen LogP contribution in [0.5, 0.6) is 0 Å². The molecule has 2 aliphatic rings. The van der Waals surface area contributed by atoms with E-state index in [1.807, 2.05) is 13.8 Å². The minimum atomic E-state index is 0.0268. The van der Waals surface area contributed by atoms with E-state index in [1.54, 1.807) is 0 Å². The summed E-state index contributed by atoms with van der Waals surface area (Å²) in [6.07, 6.45) is 6.40. The number of nitrogens with one attached hydrogen (secondary N) is 3. The van der Waals surface area contributed by atoms with Crippen molar-refractivity contribution in [3.05, 3.63) is 0 Å². The van der Waals surface area contributed by atoms with Gasteiger partial charge in [-0.05, 0) is 39.7 Å². The molecule has 6 heteroatoms. The number of hydrogen-bond acceptors (Lipinski definition) is 3. The molecule has 0 aromatic carbocycles. The lowest BCUT2D eigenvalue weighted by Crippen LogP contribution is -2.56. The number of nitrogens with zero attached hydrogens (tertiary/aromatic N) is 2. The molecule has 0 radical (unpaired) electrons. The number of guanidine groups is 1. The van der Waals surface area contributed by atoms with Gasteiger partial charge in [-0.3, -0.25) is 9.79 Å². The maximum Gasteiger partial charge on any atom is 0.222 e. The normalized spacial score (nSPS) is 27.9. The maximum absolute atomic E-state index is 11.6. The van der Waals surface area contributed by atoms with Crippen LogP contribution in [0.2, 0.25) is 0 Å². The second-order valence-electron chi connectivity index (χ2n) is 7.42. The Labute approximate surface area is 146 Å². The van der Waals surface area contributed by atoms with E-state index in [0.717, 1.165) is 12.5 Å². The molecule has 2 atom stereocenters. The van der Waals surface area contributed by atoms with Crippen molar-refractivity contribution >= 4 is 11.9 Å². The predicted octanol–water partition coefficient (Wildman–Crippen LogP) is 1.33. The summed E-state index contributed by atoms with van der Waals surface area (Å²) in [6.45, 7) is 7.94. The van der Waals surface area contributed by atoms with Crippen molar-refractivity contribution in [3.8, 4) is 0 Å². The van der Waals surface area contributed by atoms with Crippen molar-refractivity contribution in [3.63, 3.8) is 0 Å². The molecule has 2 unspecified atom stereocenters. The van der Waals surface area contributed by atoms with Gasteiger partial charge in [0.25, 0.3) is 0 Å². The van der Waals surface area contributed by atoms with Crippen LogP contribution >= 0.6 is 0 Å². The number of piperidine rings is 2. The van der Waals surface area contributed by atoms with Gasteiger partial charge >= 0.3 is 0 Å². The number of carbonyl (C=O) groups is 1. The van der Waals surface area contributed by atoms with E-state index in [9.17, 15) is 4.79 Å². The summed E-state index contributed by atoms with van der Waals surface area (Å²) in [7, 11) is 2.28. The molecule has 2 bridgehead atoms. The lowest BCUT2D eigenvalue weighted by Gasteiger charge is -2.47. The summed E-state index contributed by atoms with van der Waals surface area (Å²) in [6, 6.07) is 1.92. The van der Waals surface area contributed by atoms with Crippen molar-refractivity contribution in [1.29, 1.82) is 0 Å². The molecule has 6 nitrogen and oxygen atoms in total. The van der Waals surface area contributed by atoms with Gasteiger partial charge in [0.05, 0.1) is 6.54 Å². The van der Waals surface area contributed by atoms with Gasteiger partial charge in [-0.25, -0.2) is 0 Å². The summed E-state index contributed by atoms with van der Waals surface area (Å²) < 4.78 is 0. The zero-order valence-corrected chi connectivity index (χ0v) is 15.8. The predicted molar refractivity (Wildman–Crippen MR) is 99.2 cm³/mol. The molecule has 3 N–H and O–H groups in total. The molecule has 2 saturated heterocycles. The molecule has 2 aliphatic heterocycles. The molecular weight excluding hydrogens is 302 g/mol. The Bertz CT molecular complexity index is 423. The lowest BCUT2D eigenvalue weighted by molar-refractivity contribution is -0.123. The number of hydrogen-bond donors (Lipinski definition) is 3. The third-order valence-corrected chi connectivity index (χ3v) is 5.23. The summed E-state index contributed by atoms with van der Waals surface area (Å²) in [5.41, 5.74) is 0. The Morgan fingerprint density at radius 1 is 1.21 bits per heavy atom. The molecule has 0 aromatic rings. The second-order valence-corrected chi connectivity index (χ2v) is 7.42. The molecule has 2 rings (SSSR count). The Hall–Kier alpha value is -1.30. The van der Waals surface area contributed by atoms with Crippen LogP contribution in [-0.2, 0) is 4.79 Å². The highest BCUT2D eigenvalue weighted by atomic mass is 16.1. The first-order valence-corrected chi connectivity index (χ1v) is 9.55. The highest BCUT2D eigenvalue weighted by Gasteiger charge is 2.36. The minimum Gasteiger partial charge on any atom is -0.357 e. The lowest BCUT2D eigenvalue weighted by atomic mass is 9.82. The Kier molecular flexibility index (Phi) is 7.34. The van der Waals surface area contributed by atoms with Gasteiger partial charge in [0.2, 0.25) is 5.91 Å². The van der Waals surface area contributed by atoms with Crippen LogP contribution in [0.3, 0.4) is 0 Å². The highest BCUT2D eigenvalue weighted by Crippen LogP contribution is 2.32. The smallest absolute Gasteiger partial charge is 0.222 e. The molecular formula is C18H35N5O. The van der Waals surface area contributed by atoms with Crippen LogP contribution in [0, 0.1) is 5.92 Å². The largest absolute Gasteiger partial charge is 0.357 e.